The Labute approximate surface area is 134 Å². The minimum Gasteiger partial charge on any atom is -0.478 e. The molecule has 3 heteroatoms. The lowest BCUT2D eigenvalue weighted by molar-refractivity contribution is 0.0696. The van der Waals surface area contributed by atoms with E-state index in [1.807, 2.05) is 0 Å². The molecule has 0 unspecified atom stereocenters. The van der Waals surface area contributed by atoms with E-state index in [9.17, 15) is 14.7 Å². The SMILES string of the molecule is O=C(O)c1ccccc1/C=C1\Cc2ccc3c(c2C1=O)CCC3. The van der Waals surface area contributed by atoms with E-state index < -0.39 is 5.97 Å². The van der Waals surface area contributed by atoms with Crippen molar-refractivity contribution in [1.29, 1.82) is 0 Å². The molecule has 2 aromatic rings. The van der Waals surface area contributed by atoms with Crippen LogP contribution in [0, 0.1) is 0 Å². The van der Waals surface area contributed by atoms with E-state index in [1.165, 1.54) is 11.1 Å². The Balaban J connectivity index is 1.79. The molecule has 0 aliphatic heterocycles. The largest absolute Gasteiger partial charge is 0.478 e. The summed E-state index contributed by atoms with van der Waals surface area (Å²) in [5, 5.41) is 9.29. The summed E-state index contributed by atoms with van der Waals surface area (Å²) in [5.74, 6) is -0.903. The van der Waals surface area contributed by atoms with Crippen LogP contribution in [-0.4, -0.2) is 16.9 Å². The molecule has 114 valence electrons. The van der Waals surface area contributed by atoms with Crippen LogP contribution in [0.1, 0.15) is 49.4 Å². The average molecular weight is 304 g/mol. The van der Waals surface area contributed by atoms with Crippen molar-refractivity contribution >= 4 is 17.8 Å². The van der Waals surface area contributed by atoms with Gasteiger partial charge in [0, 0.05) is 17.6 Å². The zero-order valence-corrected chi connectivity index (χ0v) is 12.6. The molecule has 0 bridgehead atoms. The molecule has 1 N–H and O–H groups in total. The Morgan fingerprint density at radius 3 is 2.65 bits per heavy atom. The Morgan fingerprint density at radius 2 is 1.83 bits per heavy atom. The minimum atomic E-state index is -0.971. The van der Waals surface area contributed by atoms with Crippen LogP contribution in [0.3, 0.4) is 0 Å². The van der Waals surface area contributed by atoms with Crippen LogP contribution in [0.15, 0.2) is 42.0 Å². The van der Waals surface area contributed by atoms with Crippen LogP contribution in [0.4, 0.5) is 0 Å². The standard InChI is InChI=1S/C20H16O3/c21-19-15(10-13-4-1-2-6-17(13)20(22)23)11-14-9-8-12-5-3-7-16(12)18(14)19/h1-2,4,6,8-10H,3,5,7,11H2,(H,22,23)/b15-10+. The quantitative estimate of drug-likeness (QED) is 0.861. The Hall–Kier alpha value is -2.68. The lowest BCUT2D eigenvalue weighted by atomic mass is 9.99. The van der Waals surface area contributed by atoms with E-state index in [-0.39, 0.29) is 11.3 Å². The van der Waals surface area contributed by atoms with Crippen LogP contribution in [0.25, 0.3) is 6.08 Å². The van der Waals surface area contributed by atoms with Gasteiger partial charge in [0.25, 0.3) is 0 Å². The smallest absolute Gasteiger partial charge is 0.336 e. The van der Waals surface area contributed by atoms with Crippen LogP contribution in [-0.2, 0) is 19.3 Å². The van der Waals surface area contributed by atoms with Crippen molar-refractivity contribution in [1.82, 2.24) is 0 Å². The number of carbonyl (C=O) groups excluding carboxylic acids is 1. The second kappa shape index (κ2) is 5.20. The Kier molecular flexibility index (Phi) is 3.15. The minimum absolute atomic E-state index is 0.0685. The number of ketones is 1. The number of carboxylic acids is 1. The maximum atomic E-state index is 12.8. The number of benzene rings is 2. The van der Waals surface area contributed by atoms with Gasteiger partial charge in [-0.25, -0.2) is 4.79 Å². The van der Waals surface area contributed by atoms with Crippen molar-refractivity contribution in [3.05, 3.63) is 75.4 Å². The summed E-state index contributed by atoms with van der Waals surface area (Å²) in [4.78, 5) is 24.2. The molecule has 0 saturated carbocycles. The fraction of sp³-hybridized carbons (Fsp3) is 0.200. The van der Waals surface area contributed by atoms with Crippen molar-refractivity contribution in [3.63, 3.8) is 0 Å². The summed E-state index contributed by atoms with van der Waals surface area (Å²) in [6, 6.07) is 11.0. The van der Waals surface area contributed by atoms with Crippen molar-refractivity contribution in [2.24, 2.45) is 0 Å². The fourth-order valence-corrected chi connectivity index (χ4v) is 3.71. The molecule has 2 aliphatic carbocycles. The number of allylic oxidation sites excluding steroid dienone is 1. The van der Waals surface area contributed by atoms with Crippen LogP contribution >= 0.6 is 0 Å². The molecule has 0 saturated heterocycles. The zero-order chi connectivity index (χ0) is 16.0. The zero-order valence-electron chi connectivity index (χ0n) is 12.6. The third kappa shape index (κ3) is 2.20. The van der Waals surface area contributed by atoms with Crippen molar-refractivity contribution < 1.29 is 14.7 Å². The molecule has 0 spiro atoms. The number of rotatable bonds is 2. The number of carboxylic acid groups (broad SMARTS) is 1. The molecule has 2 aromatic carbocycles. The summed E-state index contributed by atoms with van der Waals surface area (Å²) >= 11 is 0. The molecule has 0 atom stereocenters. The number of carbonyl (C=O) groups is 2. The lowest BCUT2D eigenvalue weighted by Gasteiger charge is -2.05. The highest BCUT2D eigenvalue weighted by atomic mass is 16.4. The summed E-state index contributed by atoms with van der Waals surface area (Å²) in [6.45, 7) is 0. The van der Waals surface area contributed by atoms with Crippen LogP contribution in [0.2, 0.25) is 0 Å². The van der Waals surface area contributed by atoms with Crippen molar-refractivity contribution in [2.45, 2.75) is 25.7 Å². The predicted octanol–water partition coefficient (Wildman–Crippen LogP) is 3.70. The summed E-state index contributed by atoms with van der Waals surface area (Å²) < 4.78 is 0. The third-order valence-corrected chi connectivity index (χ3v) is 4.79. The second-order valence-electron chi connectivity index (χ2n) is 6.16. The second-order valence-corrected chi connectivity index (χ2v) is 6.16. The predicted molar refractivity (Wildman–Crippen MR) is 87.9 cm³/mol. The molecule has 0 aromatic heterocycles. The molecule has 0 heterocycles. The topological polar surface area (TPSA) is 54.4 Å². The first kappa shape index (κ1) is 13.9. The van der Waals surface area contributed by atoms with Gasteiger partial charge in [0.05, 0.1) is 5.56 Å². The summed E-state index contributed by atoms with van der Waals surface area (Å²) in [6.07, 6.45) is 5.47. The summed E-state index contributed by atoms with van der Waals surface area (Å²) in [7, 11) is 0. The normalized spacial score (nSPS) is 17.4. The molecular formula is C20H16O3. The van der Waals surface area contributed by atoms with Gasteiger partial charge in [-0.2, -0.15) is 0 Å². The number of hydrogen-bond acceptors (Lipinski definition) is 2. The highest BCUT2D eigenvalue weighted by molar-refractivity contribution is 6.17. The van der Waals surface area contributed by atoms with Gasteiger partial charge in [-0.15, -0.1) is 0 Å². The summed E-state index contributed by atoms with van der Waals surface area (Å²) in [5.41, 5.74) is 5.97. The first-order chi connectivity index (χ1) is 11.1. The Morgan fingerprint density at radius 1 is 1.04 bits per heavy atom. The van der Waals surface area contributed by atoms with Gasteiger partial charge in [0.2, 0.25) is 0 Å². The van der Waals surface area contributed by atoms with Gasteiger partial charge in [0.1, 0.15) is 0 Å². The molecule has 0 radical (unpaired) electrons. The lowest BCUT2D eigenvalue weighted by Crippen LogP contribution is -2.02. The van der Waals surface area contributed by atoms with E-state index in [0.29, 0.717) is 17.6 Å². The molecule has 4 rings (SSSR count). The van der Waals surface area contributed by atoms with Gasteiger partial charge in [-0.3, -0.25) is 4.79 Å². The van der Waals surface area contributed by atoms with E-state index in [0.717, 1.165) is 30.4 Å². The molecule has 3 nitrogen and oxygen atoms in total. The van der Waals surface area contributed by atoms with Crippen molar-refractivity contribution in [3.8, 4) is 0 Å². The first-order valence-electron chi connectivity index (χ1n) is 7.86. The maximum absolute atomic E-state index is 12.8. The highest BCUT2D eigenvalue weighted by Gasteiger charge is 2.30. The molecule has 0 amide bonds. The van der Waals surface area contributed by atoms with Gasteiger partial charge in [-0.1, -0.05) is 30.3 Å². The van der Waals surface area contributed by atoms with Crippen LogP contribution in [0.5, 0.6) is 0 Å². The fourth-order valence-electron chi connectivity index (χ4n) is 3.71. The van der Waals surface area contributed by atoms with Crippen molar-refractivity contribution in [2.75, 3.05) is 0 Å². The molecule has 23 heavy (non-hydrogen) atoms. The Bertz CT molecular complexity index is 874. The monoisotopic (exact) mass is 304 g/mol. The average Bonchev–Trinajstić information content (AvgIpc) is 3.12. The number of Topliss-reactive ketones (excluding diaryl/α,β-unsaturated/α-hetero) is 1. The molecular weight excluding hydrogens is 288 g/mol. The highest BCUT2D eigenvalue weighted by Crippen LogP contribution is 2.36. The molecule has 0 fully saturated rings. The van der Waals surface area contributed by atoms with Gasteiger partial charge in [0.15, 0.2) is 5.78 Å². The van der Waals surface area contributed by atoms with Gasteiger partial charge in [-0.05, 0) is 53.7 Å². The number of hydrogen-bond donors (Lipinski definition) is 1. The van der Waals surface area contributed by atoms with Gasteiger partial charge < -0.3 is 5.11 Å². The van der Waals surface area contributed by atoms with E-state index in [2.05, 4.69) is 12.1 Å². The number of aryl methyl sites for hydroxylation is 1. The van der Waals surface area contributed by atoms with E-state index in [1.54, 1.807) is 30.3 Å². The van der Waals surface area contributed by atoms with E-state index in [4.69, 9.17) is 0 Å². The number of aromatic carboxylic acids is 1. The third-order valence-electron chi connectivity index (χ3n) is 4.79. The van der Waals surface area contributed by atoms with Gasteiger partial charge >= 0.3 is 5.97 Å². The first-order valence-corrected chi connectivity index (χ1v) is 7.86. The maximum Gasteiger partial charge on any atom is 0.336 e. The van der Waals surface area contributed by atoms with Crippen LogP contribution < -0.4 is 0 Å². The van der Waals surface area contributed by atoms with E-state index >= 15 is 0 Å². The number of fused-ring (bicyclic) bond motifs is 3. The molecule has 2 aliphatic rings.